The highest BCUT2D eigenvalue weighted by atomic mass is 16.5. The topological polar surface area (TPSA) is 46.6 Å². The second-order valence-electron chi connectivity index (χ2n) is 5.82. The van der Waals surface area contributed by atoms with Crippen LogP contribution in [0.25, 0.3) is 16.6 Å². The van der Waals surface area contributed by atoms with E-state index < -0.39 is 0 Å². The standard InChI is InChI=1S/C19H25N3O2/c1-3-24-19-14-18(21-17-7-5-4-6-16(17)19)15(2)20-8-9-22-10-12-23-13-11-22/h4-7,14,20H,2-3,8-13H2,1H3. The first-order valence-corrected chi connectivity index (χ1v) is 8.53. The van der Waals surface area contributed by atoms with Crippen molar-refractivity contribution in [2.75, 3.05) is 46.0 Å². The lowest BCUT2D eigenvalue weighted by Gasteiger charge is -2.26. The second kappa shape index (κ2) is 8.13. The van der Waals surface area contributed by atoms with Gasteiger partial charge in [0.1, 0.15) is 5.75 Å². The van der Waals surface area contributed by atoms with E-state index in [-0.39, 0.29) is 0 Å². The van der Waals surface area contributed by atoms with Crippen molar-refractivity contribution in [2.45, 2.75) is 6.92 Å². The van der Waals surface area contributed by atoms with Gasteiger partial charge in [-0.3, -0.25) is 4.90 Å². The number of morpholine rings is 1. The quantitative estimate of drug-likeness (QED) is 0.847. The third-order valence-electron chi connectivity index (χ3n) is 4.16. The van der Waals surface area contributed by atoms with E-state index >= 15 is 0 Å². The maximum Gasteiger partial charge on any atom is 0.130 e. The van der Waals surface area contributed by atoms with E-state index in [1.807, 2.05) is 37.3 Å². The van der Waals surface area contributed by atoms with Gasteiger partial charge in [-0.25, -0.2) is 4.98 Å². The average Bonchev–Trinajstić information content (AvgIpc) is 2.62. The third-order valence-corrected chi connectivity index (χ3v) is 4.16. The first kappa shape index (κ1) is 16.7. The number of nitrogens with one attached hydrogen (secondary N) is 1. The second-order valence-corrected chi connectivity index (χ2v) is 5.82. The van der Waals surface area contributed by atoms with E-state index in [1.165, 1.54) is 0 Å². The number of ether oxygens (including phenoxy) is 2. The van der Waals surface area contributed by atoms with E-state index in [0.29, 0.717) is 6.61 Å². The number of fused-ring (bicyclic) bond motifs is 1. The highest BCUT2D eigenvalue weighted by molar-refractivity contribution is 5.86. The zero-order valence-corrected chi connectivity index (χ0v) is 14.3. The number of rotatable bonds is 7. The van der Waals surface area contributed by atoms with Crippen molar-refractivity contribution in [1.29, 1.82) is 0 Å². The monoisotopic (exact) mass is 327 g/mol. The van der Waals surface area contributed by atoms with Crippen molar-refractivity contribution < 1.29 is 9.47 Å². The normalized spacial score (nSPS) is 15.4. The predicted octanol–water partition coefficient (Wildman–Crippen LogP) is 2.53. The van der Waals surface area contributed by atoms with Crippen LogP contribution in [0.15, 0.2) is 36.9 Å². The highest BCUT2D eigenvalue weighted by Gasteiger charge is 2.11. The number of nitrogens with zero attached hydrogens (tertiary/aromatic N) is 2. The number of hydrogen-bond acceptors (Lipinski definition) is 5. The Labute approximate surface area is 143 Å². The zero-order chi connectivity index (χ0) is 16.8. The van der Waals surface area contributed by atoms with Crippen molar-refractivity contribution in [3.8, 4) is 5.75 Å². The van der Waals surface area contributed by atoms with Gasteiger partial charge in [0, 0.05) is 37.6 Å². The lowest BCUT2D eigenvalue weighted by atomic mass is 10.1. The molecule has 1 fully saturated rings. The van der Waals surface area contributed by atoms with Gasteiger partial charge in [-0.2, -0.15) is 0 Å². The van der Waals surface area contributed by atoms with Crippen molar-refractivity contribution in [3.05, 3.63) is 42.6 Å². The summed E-state index contributed by atoms with van der Waals surface area (Å²) in [6.45, 7) is 12.2. The molecule has 0 spiro atoms. The molecule has 1 N–H and O–H groups in total. The van der Waals surface area contributed by atoms with Gasteiger partial charge in [-0.15, -0.1) is 0 Å². The number of para-hydroxylation sites is 1. The molecule has 5 heteroatoms. The average molecular weight is 327 g/mol. The molecule has 1 aromatic carbocycles. The van der Waals surface area contributed by atoms with Crippen LogP contribution in [0.1, 0.15) is 12.6 Å². The molecule has 2 heterocycles. The molecule has 1 aliphatic heterocycles. The number of hydrogen-bond donors (Lipinski definition) is 1. The Morgan fingerprint density at radius 2 is 2.12 bits per heavy atom. The summed E-state index contributed by atoms with van der Waals surface area (Å²) in [5, 5.41) is 4.42. The van der Waals surface area contributed by atoms with Gasteiger partial charge in [-0.05, 0) is 19.1 Å². The SMILES string of the molecule is C=C(NCCN1CCOCC1)c1cc(OCC)c2ccccc2n1. The summed E-state index contributed by atoms with van der Waals surface area (Å²) in [5.74, 6) is 0.856. The molecule has 24 heavy (non-hydrogen) atoms. The van der Waals surface area contributed by atoms with Crippen LogP contribution < -0.4 is 10.1 Å². The zero-order valence-electron chi connectivity index (χ0n) is 14.3. The van der Waals surface area contributed by atoms with Gasteiger partial charge in [-0.1, -0.05) is 18.7 Å². The maximum absolute atomic E-state index is 5.78. The number of aromatic nitrogens is 1. The van der Waals surface area contributed by atoms with Crippen LogP contribution in [0.5, 0.6) is 5.75 Å². The van der Waals surface area contributed by atoms with Crippen LogP contribution in [-0.4, -0.2) is 55.9 Å². The molecule has 3 rings (SSSR count). The predicted molar refractivity (Wildman–Crippen MR) is 97.2 cm³/mol. The summed E-state index contributed by atoms with van der Waals surface area (Å²) >= 11 is 0. The van der Waals surface area contributed by atoms with E-state index in [9.17, 15) is 0 Å². The lowest BCUT2D eigenvalue weighted by molar-refractivity contribution is 0.0388. The Bertz CT molecular complexity index is 696. The number of benzene rings is 1. The molecule has 0 unspecified atom stereocenters. The molecule has 1 aliphatic rings. The van der Waals surface area contributed by atoms with Crippen molar-refractivity contribution in [2.24, 2.45) is 0 Å². The number of pyridine rings is 1. The summed E-state index contributed by atoms with van der Waals surface area (Å²) in [7, 11) is 0. The highest BCUT2D eigenvalue weighted by Crippen LogP contribution is 2.27. The molecular formula is C19H25N3O2. The molecule has 1 saturated heterocycles. The van der Waals surface area contributed by atoms with E-state index in [0.717, 1.165) is 67.4 Å². The summed E-state index contributed by atoms with van der Waals surface area (Å²) in [6.07, 6.45) is 0. The van der Waals surface area contributed by atoms with Crippen molar-refractivity contribution in [1.82, 2.24) is 15.2 Å². The molecule has 0 saturated carbocycles. The van der Waals surface area contributed by atoms with Crippen LogP contribution in [0.4, 0.5) is 0 Å². The van der Waals surface area contributed by atoms with Gasteiger partial charge in [0.25, 0.3) is 0 Å². The van der Waals surface area contributed by atoms with E-state index in [2.05, 4.69) is 16.8 Å². The minimum absolute atomic E-state index is 0.629. The molecule has 128 valence electrons. The molecule has 2 aromatic rings. The summed E-state index contributed by atoms with van der Waals surface area (Å²) in [4.78, 5) is 7.10. The minimum atomic E-state index is 0.629. The molecule has 0 atom stereocenters. The Morgan fingerprint density at radius 1 is 1.33 bits per heavy atom. The van der Waals surface area contributed by atoms with Gasteiger partial charge >= 0.3 is 0 Å². The molecule has 1 aromatic heterocycles. The third kappa shape index (κ3) is 4.04. The van der Waals surface area contributed by atoms with Crippen LogP contribution in [-0.2, 0) is 4.74 Å². The van der Waals surface area contributed by atoms with Crippen molar-refractivity contribution in [3.63, 3.8) is 0 Å². The smallest absolute Gasteiger partial charge is 0.130 e. The molecule has 0 aliphatic carbocycles. The fraction of sp³-hybridized carbons (Fsp3) is 0.421. The van der Waals surface area contributed by atoms with Crippen molar-refractivity contribution >= 4 is 16.6 Å². The molecule has 0 amide bonds. The lowest BCUT2D eigenvalue weighted by Crippen LogP contribution is -2.40. The Balaban J connectivity index is 1.67. The van der Waals surface area contributed by atoms with Gasteiger partial charge in [0.2, 0.25) is 0 Å². The molecular weight excluding hydrogens is 302 g/mol. The van der Waals surface area contributed by atoms with Gasteiger partial charge < -0.3 is 14.8 Å². The maximum atomic E-state index is 5.78. The Hall–Kier alpha value is -2.11. The van der Waals surface area contributed by atoms with Gasteiger partial charge in [0.05, 0.1) is 36.7 Å². The van der Waals surface area contributed by atoms with Gasteiger partial charge in [0.15, 0.2) is 0 Å². The summed E-state index contributed by atoms with van der Waals surface area (Å²) in [5.41, 5.74) is 2.59. The molecule has 0 radical (unpaired) electrons. The summed E-state index contributed by atoms with van der Waals surface area (Å²) in [6, 6.07) is 10.00. The molecule has 0 bridgehead atoms. The fourth-order valence-corrected chi connectivity index (χ4v) is 2.85. The van der Waals surface area contributed by atoms with Crippen LogP contribution >= 0.6 is 0 Å². The Kier molecular flexibility index (Phi) is 5.67. The minimum Gasteiger partial charge on any atom is -0.493 e. The van der Waals surface area contributed by atoms with E-state index in [1.54, 1.807) is 0 Å². The fourth-order valence-electron chi connectivity index (χ4n) is 2.85. The first-order valence-electron chi connectivity index (χ1n) is 8.53. The largest absolute Gasteiger partial charge is 0.493 e. The first-order chi connectivity index (χ1) is 11.8. The van der Waals surface area contributed by atoms with Crippen LogP contribution in [0.3, 0.4) is 0 Å². The molecule has 5 nitrogen and oxygen atoms in total. The van der Waals surface area contributed by atoms with Crippen LogP contribution in [0.2, 0.25) is 0 Å². The van der Waals surface area contributed by atoms with E-state index in [4.69, 9.17) is 14.5 Å². The Morgan fingerprint density at radius 3 is 2.92 bits per heavy atom. The van der Waals surface area contributed by atoms with Crippen LogP contribution in [0, 0.1) is 0 Å². The summed E-state index contributed by atoms with van der Waals surface area (Å²) < 4.78 is 11.1.